The molecule has 100 valence electrons. The van der Waals surface area contributed by atoms with Gasteiger partial charge >= 0.3 is 0 Å². The summed E-state index contributed by atoms with van der Waals surface area (Å²) in [7, 11) is 3.87. The van der Waals surface area contributed by atoms with E-state index in [0.29, 0.717) is 11.1 Å². The van der Waals surface area contributed by atoms with Crippen LogP contribution in [0.2, 0.25) is 0 Å². The first-order chi connectivity index (χ1) is 8.74. The van der Waals surface area contributed by atoms with Crippen LogP contribution in [0.5, 0.6) is 0 Å². The second-order valence-corrected chi connectivity index (χ2v) is 3.02. The van der Waals surface area contributed by atoms with E-state index < -0.39 is 0 Å². The maximum Gasteiger partial charge on any atom is 0.273 e. The van der Waals surface area contributed by atoms with Gasteiger partial charge in [-0.2, -0.15) is 0 Å². The Balaban J connectivity index is 0.00000137. The van der Waals surface area contributed by atoms with Gasteiger partial charge in [-0.15, -0.1) is 0 Å². The number of hydrogen-bond donors (Lipinski definition) is 3. The molecule has 1 aromatic carbocycles. The van der Waals surface area contributed by atoms with Gasteiger partial charge in [0.2, 0.25) is 0 Å². The molecule has 0 aliphatic carbocycles. The first kappa shape index (κ1) is 16.1. The summed E-state index contributed by atoms with van der Waals surface area (Å²) in [5.41, 5.74) is 1.34. The van der Waals surface area contributed by atoms with Gasteiger partial charge in [-0.1, -0.05) is 29.4 Å². The largest absolute Gasteiger partial charge is 0.400 e. The fourth-order valence-corrected chi connectivity index (χ4v) is 1.31. The lowest BCUT2D eigenvalue weighted by Gasteiger charge is -2.08. The highest BCUT2D eigenvalue weighted by Crippen LogP contribution is 2.10. The number of rotatable bonds is 4. The van der Waals surface area contributed by atoms with Gasteiger partial charge < -0.3 is 20.4 Å². The number of hydrogen-bond acceptors (Lipinski definition) is 5. The van der Waals surface area contributed by atoms with E-state index in [4.69, 9.17) is 10.2 Å². The Hall–Kier alpha value is -1.92. The van der Waals surface area contributed by atoms with Gasteiger partial charge in [0.25, 0.3) is 5.91 Å². The molecule has 0 atom stereocenters. The minimum Gasteiger partial charge on any atom is -0.400 e. The third kappa shape index (κ3) is 4.15. The number of aliphatic hydroxyl groups is 2. The fraction of sp³-hybridized carbons (Fsp3) is 0.333. The number of nitrogens with zero attached hydrogens (tertiary/aromatic N) is 1. The predicted octanol–water partition coefficient (Wildman–Crippen LogP) is -0.116. The van der Waals surface area contributed by atoms with E-state index in [9.17, 15) is 4.79 Å². The van der Waals surface area contributed by atoms with Gasteiger partial charge in [-0.3, -0.25) is 4.79 Å². The summed E-state index contributed by atoms with van der Waals surface area (Å²) in [6.45, 7) is -0.157. The summed E-state index contributed by atoms with van der Waals surface area (Å²) in [5.74, 6) is -0.359. The summed E-state index contributed by atoms with van der Waals surface area (Å²) < 4.78 is 0. The molecule has 0 unspecified atom stereocenters. The average molecular weight is 254 g/mol. The zero-order valence-electron chi connectivity index (χ0n) is 10.7. The van der Waals surface area contributed by atoms with Crippen LogP contribution in [0.1, 0.15) is 11.1 Å². The molecule has 3 N–H and O–H groups in total. The van der Waals surface area contributed by atoms with Crippen LogP contribution >= 0.6 is 0 Å². The van der Waals surface area contributed by atoms with Crippen LogP contribution in [0.25, 0.3) is 0 Å². The van der Waals surface area contributed by atoms with Crippen molar-refractivity contribution in [1.82, 2.24) is 5.32 Å². The normalized spacial score (nSPS) is 10.2. The van der Waals surface area contributed by atoms with Crippen molar-refractivity contribution < 1.29 is 19.8 Å². The van der Waals surface area contributed by atoms with Crippen molar-refractivity contribution in [3.63, 3.8) is 0 Å². The van der Waals surface area contributed by atoms with Gasteiger partial charge in [-0.05, 0) is 5.56 Å². The Labute approximate surface area is 106 Å². The molecule has 1 rings (SSSR count). The molecule has 6 heteroatoms. The number of likely N-dealkylation sites (N-methyl/N-ethyl adjacent to an activating group) is 1. The molecule has 0 saturated heterocycles. The molecule has 1 aromatic rings. The highest BCUT2D eigenvalue weighted by molar-refractivity contribution is 6.45. The second kappa shape index (κ2) is 9.15. The third-order valence-electron chi connectivity index (χ3n) is 2.07. The molecule has 0 spiro atoms. The molecule has 6 nitrogen and oxygen atoms in total. The SMILES string of the molecule is CNC(=O)C(=NOC)c1ccccc1CO.CO. The Morgan fingerprint density at radius 3 is 2.50 bits per heavy atom. The quantitative estimate of drug-likeness (QED) is 0.516. The molecule has 0 heterocycles. The first-order valence-corrected chi connectivity index (χ1v) is 5.21. The number of benzene rings is 1. The number of nitrogens with one attached hydrogen (secondary N) is 1. The summed E-state index contributed by atoms with van der Waals surface area (Å²) >= 11 is 0. The molecule has 0 saturated carbocycles. The summed E-state index contributed by atoms with van der Waals surface area (Å²) in [5, 5.41) is 22.3. The van der Waals surface area contributed by atoms with Crippen molar-refractivity contribution in [3.05, 3.63) is 35.4 Å². The summed E-state index contributed by atoms with van der Waals surface area (Å²) in [4.78, 5) is 16.2. The minimum atomic E-state index is -0.359. The Bertz CT molecular complexity index is 405. The van der Waals surface area contributed by atoms with E-state index in [1.54, 1.807) is 24.3 Å². The third-order valence-corrected chi connectivity index (χ3v) is 2.07. The standard InChI is InChI=1S/C11H14N2O3.CH4O/c1-12-11(15)10(13-16-2)9-6-4-3-5-8(9)7-14;1-2/h3-6,14H,7H2,1-2H3,(H,12,15);2H,1H3. The van der Waals surface area contributed by atoms with E-state index in [1.807, 2.05) is 0 Å². The van der Waals surface area contributed by atoms with Gasteiger partial charge in [0, 0.05) is 19.7 Å². The van der Waals surface area contributed by atoms with Gasteiger partial charge in [-0.25, -0.2) is 0 Å². The maximum atomic E-state index is 11.6. The van der Waals surface area contributed by atoms with Crippen LogP contribution in [0.15, 0.2) is 29.4 Å². The minimum absolute atomic E-state index is 0.148. The van der Waals surface area contributed by atoms with Crippen molar-refractivity contribution in [3.8, 4) is 0 Å². The molecular weight excluding hydrogens is 236 g/mol. The van der Waals surface area contributed by atoms with Crippen molar-refractivity contribution in [2.45, 2.75) is 6.61 Å². The smallest absolute Gasteiger partial charge is 0.273 e. The van der Waals surface area contributed by atoms with E-state index in [1.165, 1.54) is 14.2 Å². The van der Waals surface area contributed by atoms with Crippen LogP contribution < -0.4 is 5.32 Å². The predicted molar refractivity (Wildman–Crippen MR) is 68.1 cm³/mol. The molecule has 1 amide bonds. The zero-order valence-corrected chi connectivity index (χ0v) is 10.7. The molecule has 0 aromatic heterocycles. The van der Waals surface area contributed by atoms with Crippen molar-refractivity contribution in [1.29, 1.82) is 0 Å². The lowest BCUT2D eigenvalue weighted by Crippen LogP contribution is -2.29. The fourth-order valence-electron chi connectivity index (χ4n) is 1.31. The van der Waals surface area contributed by atoms with E-state index >= 15 is 0 Å². The van der Waals surface area contributed by atoms with Crippen LogP contribution in [0.3, 0.4) is 0 Å². The van der Waals surface area contributed by atoms with E-state index in [0.717, 1.165) is 7.11 Å². The van der Waals surface area contributed by atoms with E-state index in [-0.39, 0.29) is 18.2 Å². The topological polar surface area (TPSA) is 91.2 Å². The number of amides is 1. The molecule has 0 aliphatic rings. The van der Waals surface area contributed by atoms with Gasteiger partial charge in [0.05, 0.1) is 6.61 Å². The molecule has 18 heavy (non-hydrogen) atoms. The number of carbonyl (C=O) groups excluding carboxylic acids is 1. The lowest BCUT2D eigenvalue weighted by molar-refractivity contribution is -0.114. The zero-order chi connectivity index (χ0) is 14.0. The number of oxime groups is 1. The highest BCUT2D eigenvalue weighted by atomic mass is 16.6. The number of aliphatic hydroxyl groups excluding tert-OH is 2. The first-order valence-electron chi connectivity index (χ1n) is 5.21. The van der Waals surface area contributed by atoms with Gasteiger partial charge in [0.1, 0.15) is 7.11 Å². The lowest BCUT2D eigenvalue weighted by atomic mass is 10.0. The Morgan fingerprint density at radius 1 is 1.39 bits per heavy atom. The van der Waals surface area contributed by atoms with Crippen molar-refractivity contribution in [2.24, 2.45) is 5.16 Å². The molecular formula is C12H18N2O4. The second-order valence-electron chi connectivity index (χ2n) is 3.02. The highest BCUT2D eigenvalue weighted by Gasteiger charge is 2.16. The molecule has 0 aliphatic heterocycles. The monoisotopic (exact) mass is 254 g/mol. The van der Waals surface area contributed by atoms with Crippen molar-refractivity contribution >= 4 is 11.6 Å². The Kier molecular flexibility index (Phi) is 8.17. The molecule has 0 bridgehead atoms. The van der Waals surface area contributed by atoms with Crippen LogP contribution in [0, 0.1) is 0 Å². The summed E-state index contributed by atoms with van der Waals surface area (Å²) in [6, 6.07) is 6.98. The van der Waals surface area contributed by atoms with Crippen LogP contribution in [-0.4, -0.2) is 43.1 Å². The number of carbonyl (C=O) groups is 1. The van der Waals surface area contributed by atoms with Crippen molar-refractivity contribution in [2.75, 3.05) is 21.3 Å². The van der Waals surface area contributed by atoms with Crippen LogP contribution in [-0.2, 0) is 16.2 Å². The summed E-state index contributed by atoms with van der Waals surface area (Å²) in [6.07, 6.45) is 0. The average Bonchev–Trinajstić information content (AvgIpc) is 2.46. The molecule has 0 fully saturated rings. The Morgan fingerprint density at radius 2 is 2.00 bits per heavy atom. The van der Waals surface area contributed by atoms with Crippen LogP contribution in [0.4, 0.5) is 0 Å². The van der Waals surface area contributed by atoms with E-state index in [2.05, 4.69) is 15.3 Å². The van der Waals surface area contributed by atoms with Gasteiger partial charge in [0.15, 0.2) is 5.71 Å². The maximum absolute atomic E-state index is 11.6. The molecule has 0 radical (unpaired) electrons.